The van der Waals surface area contributed by atoms with Crippen LogP contribution in [0, 0.1) is 12.8 Å². The largest absolute Gasteiger partial charge is 0.459 e. The number of sulfone groups is 1. The van der Waals surface area contributed by atoms with Gasteiger partial charge in [-0.15, -0.1) is 0 Å². The fourth-order valence-electron chi connectivity index (χ4n) is 3.08. The molecule has 1 aliphatic rings. The zero-order chi connectivity index (χ0) is 15.0. The number of furan rings is 1. The zero-order valence-corrected chi connectivity index (χ0v) is 13.2. The van der Waals surface area contributed by atoms with Crippen LogP contribution in [0.1, 0.15) is 30.7 Å². The third-order valence-electron chi connectivity index (χ3n) is 4.31. The van der Waals surface area contributed by atoms with E-state index in [1.165, 1.54) is 0 Å². The second kappa shape index (κ2) is 5.46. The molecule has 3 rings (SSSR count). The first-order valence-corrected chi connectivity index (χ1v) is 9.20. The first kappa shape index (κ1) is 14.6. The molecule has 0 aliphatic carbocycles. The van der Waals surface area contributed by atoms with Crippen molar-refractivity contribution in [2.75, 3.05) is 18.1 Å². The molecular formula is C16H21NO3S. The van der Waals surface area contributed by atoms with E-state index in [-0.39, 0.29) is 12.0 Å². The van der Waals surface area contributed by atoms with E-state index >= 15 is 0 Å². The van der Waals surface area contributed by atoms with Crippen LogP contribution in [-0.2, 0) is 9.84 Å². The molecule has 114 valence electrons. The van der Waals surface area contributed by atoms with Gasteiger partial charge in [0, 0.05) is 5.39 Å². The fraction of sp³-hybridized carbons (Fsp3) is 0.500. The third kappa shape index (κ3) is 2.99. The van der Waals surface area contributed by atoms with Crippen LogP contribution in [0.5, 0.6) is 0 Å². The molecule has 2 unspecified atom stereocenters. The van der Waals surface area contributed by atoms with Crippen molar-refractivity contribution in [3.63, 3.8) is 0 Å². The molecule has 1 aromatic heterocycles. The highest BCUT2D eigenvalue weighted by Gasteiger charge is 2.28. The normalized spacial score (nSPS) is 22.7. The van der Waals surface area contributed by atoms with Gasteiger partial charge >= 0.3 is 0 Å². The van der Waals surface area contributed by atoms with Gasteiger partial charge in [0.1, 0.15) is 11.3 Å². The smallest absolute Gasteiger partial charge is 0.150 e. The second-order valence-electron chi connectivity index (χ2n) is 5.99. The summed E-state index contributed by atoms with van der Waals surface area (Å²) < 4.78 is 28.9. The van der Waals surface area contributed by atoms with Gasteiger partial charge < -0.3 is 9.73 Å². The van der Waals surface area contributed by atoms with E-state index in [4.69, 9.17) is 4.42 Å². The van der Waals surface area contributed by atoms with E-state index in [0.29, 0.717) is 11.5 Å². The molecule has 1 saturated heterocycles. The fourth-order valence-corrected chi connectivity index (χ4v) is 4.94. The summed E-state index contributed by atoms with van der Waals surface area (Å²) in [4.78, 5) is 0. The van der Waals surface area contributed by atoms with Crippen LogP contribution in [-0.4, -0.2) is 26.5 Å². The number of fused-ring (bicyclic) bond motifs is 1. The lowest BCUT2D eigenvalue weighted by Crippen LogP contribution is -2.26. The van der Waals surface area contributed by atoms with Gasteiger partial charge in [-0.3, -0.25) is 0 Å². The molecule has 2 aromatic rings. The number of hydrogen-bond acceptors (Lipinski definition) is 4. The minimum absolute atomic E-state index is 0.0840. The number of hydrogen-bond donors (Lipinski definition) is 1. The molecule has 4 nitrogen and oxygen atoms in total. The molecule has 1 N–H and O–H groups in total. The van der Waals surface area contributed by atoms with E-state index in [2.05, 4.69) is 25.2 Å². The molecule has 0 saturated carbocycles. The quantitative estimate of drug-likeness (QED) is 0.943. The highest BCUT2D eigenvalue weighted by Crippen LogP contribution is 2.29. The van der Waals surface area contributed by atoms with Gasteiger partial charge in [0.25, 0.3) is 0 Å². The average Bonchev–Trinajstić information content (AvgIpc) is 2.97. The van der Waals surface area contributed by atoms with Crippen LogP contribution in [0.4, 0.5) is 0 Å². The van der Waals surface area contributed by atoms with E-state index in [0.717, 1.165) is 35.3 Å². The van der Waals surface area contributed by atoms with Crippen molar-refractivity contribution < 1.29 is 12.8 Å². The summed E-state index contributed by atoms with van der Waals surface area (Å²) in [5.41, 5.74) is 2.06. The van der Waals surface area contributed by atoms with Gasteiger partial charge in [0.05, 0.1) is 17.5 Å². The number of para-hydroxylation sites is 1. The van der Waals surface area contributed by atoms with Crippen molar-refractivity contribution in [3.8, 4) is 0 Å². The van der Waals surface area contributed by atoms with Gasteiger partial charge in [-0.2, -0.15) is 0 Å². The van der Waals surface area contributed by atoms with Gasteiger partial charge in [0.2, 0.25) is 0 Å². The maximum atomic E-state index is 11.5. The van der Waals surface area contributed by atoms with Crippen LogP contribution in [0.2, 0.25) is 0 Å². The van der Waals surface area contributed by atoms with Crippen molar-refractivity contribution in [1.29, 1.82) is 0 Å². The zero-order valence-electron chi connectivity index (χ0n) is 12.4. The summed E-state index contributed by atoms with van der Waals surface area (Å²) >= 11 is 0. The number of nitrogens with one attached hydrogen (secondary N) is 1. The van der Waals surface area contributed by atoms with Crippen LogP contribution >= 0.6 is 0 Å². The van der Waals surface area contributed by atoms with Gasteiger partial charge in [-0.1, -0.05) is 18.2 Å². The molecule has 0 spiro atoms. The minimum Gasteiger partial charge on any atom is -0.459 e. The summed E-state index contributed by atoms with van der Waals surface area (Å²) in [5.74, 6) is 1.81. The maximum absolute atomic E-state index is 11.5. The summed E-state index contributed by atoms with van der Waals surface area (Å²) in [6, 6.07) is 8.10. The highest BCUT2D eigenvalue weighted by molar-refractivity contribution is 7.91. The van der Waals surface area contributed by atoms with Gasteiger partial charge in [-0.25, -0.2) is 8.42 Å². The number of rotatable bonds is 4. The predicted octanol–water partition coefficient (Wildman–Crippen LogP) is 2.83. The SMILES string of the molecule is Cc1c(C(C)NCC2CCS(=O)(=O)C2)oc2ccccc12. The number of aryl methyl sites for hydroxylation is 1. The maximum Gasteiger partial charge on any atom is 0.150 e. The summed E-state index contributed by atoms with van der Waals surface area (Å²) in [7, 11) is -2.80. The molecule has 1 aliphatic heterocycles. The van der Waals surface area contributed by atoms with Crippen molar-refractivity contribution >= 4 is 20.8 Å². The lowest BCUT2D eigenvalue weighted by molar-refractivity contribution is 0.416. The number of benzene rings is 1. The van der Waals surface area contributed by atoms with E-state index in [9.17, 15) is 8.42 Å². The Morgan fingerprint density at radius 2 is 2.14 bits per heavy atom. The van der Waals surface area contributed by atoms with Crippen molar-refractivity contribution in [2.45, 2.75) is 26.3 Å². The monoisotopic (exact) mass is 307 g/mol. The predicted molar refractivity (Wildman–Crippen MR) is 84.1 cm³/mol. The molecule has 0 amide bonds. The Kier molecular flexibility index (Phi) is 3.80. The third-order valence-corrected chi connectivity index (χ3v) is 6.15. The molecule has 2 atom stereocenters. The summed E-state index contributed by atoms with van der Waals surface area (Å²) in [6.45, 7) is 4.85. The molecule has 1 fully saturated rings. The first-order valence-electron chi connectivity index (χ1n) is 7.38. The summed E-state index contributed by atoms with van der Waals surface area (Å²) in [5, 5.41) is 4.57. The van der Waals surface area contributed by atoms with Crippen LogP contribution < -0.4 is 5.32 Å². The Morgan fingerprint density at radius 3 is 2.81 bits per heavy atom. The Labute approximate surface area is 125 Å². The Morgan fingerprint density at radius 1 is 1.38 bits per heavy atom. The first-order chi connectivity index (χ1) is 9.96. The molecule has 5 heteroatoms. The van der Waals surface area contributed by atoms with Crippen LogP contribution in [0.3, 0.4) is 0 Å². The lowest BCUT2D eigenvalue weighted by atomic mass is 10.1. The average molecular weight is 307 g/mol. The summed E-state index contributed by atoms with van der Waals surface area (Å²) in [6.07, 6.45) is 0.765. The van der Waals surface area contributed by atoms with Crippen molar-refractivity contribution in [2.24, 2.45) is 5.92 Å². The Bertz CT molecular complexity index is 748. The van der Waals surface area contributed by atoms with Crippen molar-refractivity contribution in [3.05, 3.63) is 35.6 Å². The van der Waals surface area contributed by atoms with Crippen molar-refractivity contribution in [1.82, 2.24) is 5.32 Å². The Balaban J connectivity index is 1.70. The molecular weight excluding hydrogens is 286 g/mol. The molecule has 1 aromatic carbocycles. The van der Waals surface area contributed by atoms with E-state index in [1.54, 1.807) is 0 Å². The standard InChI is InChI=1S/C16H21NO3S/c1-11-14-5-3-4-6-15(14)20-16(11)12(2)17-9-13-7-8-21(18,19)10-13/h3-6,12-13,17H,7-10H2,1-2H3. The molecule has 2 heterocycles. The topological polar surface area (TPSA) is 59.3 Å². The molecule has 0 bridgehead atoms. The second-order valence-corrected chi connectivity index (χ2v) is 8.22. The van der Waals surface area contributed by atoms with E-state index < -0.39 is 9.84 Å². The van der Waals surface area contributed by atoms with Gasteiger partial charge in [-0.05, 0) is 44.4 Å². The van der Waals surface area contributed by atoms with Crippen LogP contribution in [0.25, 0.3) is 11.0 Å². The molecule has 0 radical (unpaired) electrons. The van der Waals surface area contributed by atoms with E-state index in [1.807, 2.05) is 18.2 Å². The highest BCUT2D eigenvalue weighted by atomic mass is 32.2. The minimum atomic E-state index is -2.80. The van der Waals surface area contributed by atoms with Crippen LogP contribution in [0.15, 0.2) is 28.7 Å². The Hall–Kier alpha value is -1.33. The molecule has 21 heavy (non-hydrogen) atoms. The lowest BCUT2D eigenvalue weighted by Gasteiger charge is -2.15. The van der Waals surface area contributed by atoms with Gasteiger partial charge in [0.15, 0.2) is 9.84 Å².